The molecule has 1 aromatic heterocycles. The molecule has 20 heavy (non-hydrogen) atoms. The van der Waals surface area contributed by atoms with Crippen LogP contribution < -0.4 is 4.74 Å². The summed E-state index contributed by atoms with van der Waals surface area (Å²) < 4.78 is 5.85. The maximum atomic E-state index is 12.2. The Balaban J connectivity index is 1.93. The highest BCUT2D eigenvalue weighted by Crippen LogP contribution is 2.43. The number of phenolic OH excluding ortho intramolecular Hbond substituents is 1. The van der Waals surface area contributed by atoms with Crippen molar-refractivity contribution in [1.29, 1.82) is 0 Å². The van der Waals surface area contributed by atoms with Gasteiger partial charge in [-0.3, -0.25) is 9.59 Å². The van der Waals surface area contributed by atoms with Gasteiger partial charge in [0.05, 0.1) is 17.9 Å². The van der Waals surface area contributed by atoms with E-state index >= 15 is 0 Å². The highest BCUT2D eigenvalue weighted by molar-refractivity contribution is 7.20. The van der Waals surface area contributed by atoms with Gasteiger partial charge >= 0.3 is 5.97 Å². The quantitative estimate of drug-likeness (QED) is 0.846. The minimum Gasteiger partial charge on any atom is -0.504 e. The Kier molecular flexibility index (Phi) is 2.90. The Morgan fingerprint density at radius 1 is 1.30 bits per heavy atom. The number of carbonyl (C=O) groups is 2. The monoisotopic (exact) mass is 292 g/mol. The largest absolute Gasteiger partial charge is 0.504 e. The van der Waals surface area contributed by atoms with Gasteiger partial charge in [0.25, 0.3) is 0 Å². The van der Waals surface area contributed by atoms with Crippen LogP contribution in [0.3, 0.4) is 0 Å². The molecule has 1 aliphatic rings. The van der Waals surface area contributed by atoms with E-state index in [9.17, 15) is 14.7 Å². The van der Waals surface area contributed by atoms with Crippen LogP contribution >= 0.6 is 11.3 Å². The molecule has 0 saturated heterocycles. The summed E-state index contributed by atoms with van der Waals surface area (Å²) in [6.45, 7) is 0. The van der Waals surface area contributed by atoms with E-state index in [1.807, 2.05) is 0 Å². The summed E-state index contributed by atoms with van der Waals surface area (Å²) in [7, 11) is 1.46. The molecule has 1 aliphatic carbocycles. The predicted molar refractivity (Wildman–Crippen MR) is 73.6 cm³/mol. The maximum Gasteiger partial charge on any atom is 0.307 e. The van der Waals surface area contributed by atoms with Gasteiger partial charge in [-0.15, -0.1) is 11.3 Å². The topological polar surface area (TPSA) is 83.8 Å². The van der Waals surface area contributed by atoms with Crippen LogP contribution in [0.5, 0.6) is 11.5 Å². The van der Waals surface area contributed by atoms with Crippen molar-refractivity contribution in [2.45, 2.75) is 6.42 Å². The van der Waals surface area contributed by atoms with Gasteiger partial charge in [-0.05, 0) is 23.9 Å². The number of phenols is 1. The number of carbonyl (C=O) groups excluding carboxylic acids is 1. The third-order valence-corrected chi connectivity index (χ3v) is 4.62. The number of carboxylic acids is 1. The normalized spacial score (nSPS) is 20.9. The number of aliphatic carboxylic acids is 1. The molecule has 1 aromatic carbocycles. The number of methoxy groups -OCH3 is 1. The number of ether oxygens (including phenoxy) is 1. The van der Waals surface area contributed by atoms with Crippen LogP contribution in [-0.4, -0.2) is 29.1 Å². The molecule has 6 heteroatoms. The molecule has 0 aliphatic heterocycles. The number of ketones is 1. The van der Waals surface area contributed by atoms with Crippen molar-refractivity contribution < 1.29 is 24.5 Å². The van der Waals surface area contributed by atoms with E-state index in [1.165, 1.54) is 18.4 Å². The first-order valence-electron chi connectivity index (χ1n) is 6.09. The van der Waals surface area contributed by atoms with Gasteiger partial charge in [-0.2, -0.15) is 0 Å². The van der Waals surface area contributed by atoms with Crippen LogP contribution in [0, 0.1) is 11.8 Å². The van der Waals surface area contributed by atoms with Gasteiger partial charge < -0.3 is 14.9 Å². The molecule has 0 spiro atoms. The molecular formula is C14H12O5S. The van der Waals surface area contributed by atoms with Crippen molar-refractivity contribution in [3.63, 3.8) is 0 Å². The van der Waals surface area contributed by atoms with Crippen LogP contribution in [0.25, 0.3) is 10.1 Å². The smallest absolute Gasteiger partial charge is 0.307 e. The Morgan fingerprint density at radius 3 is 2.65 bits per heavy atom. The standard InChI is InChI=1S/C14H12O5S/c1-19-10-5-11-6(2-9(10)15)3-12(20-11)13(16)7-4-8(7)14(17)18/h2-3,5,7-8,15H,4H2,1H3,(H,17,18)/t7-,8+/m0/s1. The lowest BCUT2D eigenvalue weighted by molar-refractivity contribution is -0.138. The molecule has 0 unspecified atom stereocenters. The van der Waals surface area contributed by atoms with Gasteiger partial charge in [-0.25, -0.2) is 0 Å². The summed E-state index contributed by atoms with van der Waals surface area (Å²) in [6, 6.07) is 4.91. The van der Waals surface area contributed by atoms with Crippen LogP contribution in [0.4, 0.5) is 0 Å². The fourth-order valence-electron chi connectivity index (χ4n) is 2.28. The lowest BCUT2D eigenvalue weighted by Crippen LogP contribution is -2.06. The van der Waals surface area contributed by atoms with Crippen LogP contribution in [0.2, 0.25) is 0 Å². The lowest BCUT2D eigenvalue weighted by Gasteiger charge is -2.01. The lowest BCUT2D eigenvalue weighted by atomic mass is 10.1. The van der Waals surface area contributed by atoms with Gasteiger partial charge in [0, 0.05) is 16.7 Å². The Bertz CT molecular complexity index is 718. The molecule has 1 saturated carbocycles. The van der Waals surface area contributed by atoms with Crippen molar-refractivity contribution in [1.82, 2.24) is 0 Å². The fourth-order valence-corrected chi connectivity index (χ4v) is 3.36. The number of thiophene rings is 1. The molecule has 2 aromatic rings. The third kappa shape index (κ3) is 2.02. The molecule has 3 rings (SSSR count). The van der Waals surface area contributed by atoms with E-state index in [4.69, 9.17) is 9.84 Å². The number of rotatable bonds is 4. The summed E-state index contributed by atoms with van der Waals surface area (Å²) in [6.07, 6.45) is 0.414. The van der Waals surface area contributed by atoms with Gasteiger partial charge in [0.1, 0.15) is 0 Å². The first-order chi connectivity index (χ1) is 9.51. The molecular weight excluding hydrogens is 280 g/mol. The number of hydrogen-bond donors (Lipinski definition) is 2. The highest BCUT2D eigenvalue weighted by Gasteiger charge is 2.48. The molecule has 1 heterocycles. The zero-order valence-electron chi connectivity index (χ0n) is 10.6. The average molecular weight is 292 g/mol. The average Bonchev–Trinajstić information content (AvgIpc) is 3.11. The Labute approximate surface area is 118 Å². The summed E-state index contributed by atoms with van der Waals surface area (Å²) in [5, 5.41) is 19.3. The second-order valence-corrected chi connectivity index (χ2v) is 5.91. The van der Waals surface area contributed by atoms with Gasteiger partial charge in [0.2, 0.25) is 0 Å². The molecule has 2 N–H and O–H groups in total. The second kappa shape index (κ2) is 4.49. The number of Topliss-reactive ketones (excluding diaryl/α,β-unsaturated/α-hetero) is 1. The summed E-state index contributed by atoms with van der Waals surface area (Å²) in [4.78, 5) is 23.5. The number of aromatic hydroxyl groups is 1. The molecule has 104 valence electrons. The van der Waals surface area contributed by atoms with Crippen molar-refractivity contribution in [3.05, 3.63) is 23.1 Å². The molecule has 1 fully saturated rings. The third-order valence-electron chi connectivity index (χ3n) is 3.51. The number of hydrogen-bond acceptors (Lipinski definition) is 5. The van der Waals surface area contributed by atoms with E-state index in [0.717, 1.165) is 10.1 Å². The number of carboxylic acid groups (broad SMARTS) is 1. The predicted octanol–water partition coefficient (Wildman–Crippen LogP) is 2.52. The van der Waals surface area contributed by atoms with E-state index < -0.39 is 17.8 Å². The summed E-state index contributed by atoms with van der Waals surface area (Å²) in [5.41, 5.74) is 0. The van der Waals surface area contributed by atoms with Crippen LogP contribution in [0.1, 0.15) is 16.1 Å². The van der Waals surface area contributed by atoms with E-state index in [2.05, 4.69) is 0 Å². The van der Waals surface area contributed by atoms with Crippen LogP contribution in [-0.2, 0) is 4.79 Å². The van der Waals surface area contributed by atoms with E-state index in [-0.39, 0.29) is 11.5 Å². The van der Waals surface area contributed by atoms with Crippen molar-refractivity contribution >= 4 is 33.2 Å². The molecule has 0 radical (unpaired) electrons. The van der Waals surface area contributed by atoms with E-state index in [1.54, 1.807) is 18.2 Å². The number of fused-ring (bicyclic) bond motifs is 1. The van der Waals surface area contributed by atoms with Crippen molar-refractivity contribution in [2.75, 3.05) is 7.11 Å². The summed E-state index contributed by atoms with van der Waals surface area (Å²) >= 11 is 1.29. The minimum atomic E-state index is -0.913. The summed E-state index contributed by atoms with van der Waals surface area (Å²) in [5.74, 6) is -1.62. The van der Waals surface area contributed by atoms with Crippen molar-refractivity contribution in [2.24, 2.45) is 11.8 Å². The SMILES string of the molecule is COc1cc2sc(C(=O)[C@H]3C[C@H]3C(=O)O)cc2cc1O. The Hall–Kier alpha value is -2.08. The van der Waals surface area contributed by atoms with Gasteiger partial charge in [0.15, 0.2) is 17.3 Å². The molecule has 5 nitrogen and oxygen atoms in total. The molecule has 2 atom stereocenters. The highest BCUT2D eigenvalue weighted by atomic mass is 32.1. The zero-order valence-corrected chi connectivity index (χ0v) is 11.4. The Morgan fingerprint density at radius 2 is 2.05 bits per heavy atom. The van der Waals surface area contributed by atoms with Gasteiger partial charge in [-0.1, -0.05) is 0 Å². The fraction of sp³-hybridized carbons (Fsp3) is 0.286. The molecule has 0 amide bonds. The van der Waals surface area contributed by atoms with E-state index in [0.29, 0.717) is 17.0 Å². The zero-order chi connectivity index (χ0) is 14.4. The maximum absolute atomic E-state index is 12.2. The minimum absolute atomic E-state index is 0.0200. The number of benzene rings is 1. The second-order valence-electron chi connectivity index (χ2n) is 4.82. The first kappa shape index (κ1) is 12.9. The van der Waals surface area contributed by atoms with Crippen molar-refractivity contribution in [3.8, 4) is 11.5 Å². The molecule has 0 bridgehead atoms. The first-order valence-corrected chi connectivity index (χ1v) is 6.90. The van der Waals surface area contributed by atoms with Crippen LogP contribution in [0.15, 0.2) is 18.2 Å².